The summed E-state index contributed by atoms with van der Waals surface area (Å²) in [4.78, 5) is 21.6. The number of benzene rings is 1. The first-order valence-corrected chi connectivity index (χ1v) is 5.59. The third kappa shape index (κ3) is 5.04. The number of carbonyl (C=O) groups is 2. The molecule has 98 valence electrons. The smallest absolute Gasteiger partial charge is 0.335 e. The predicted octanol–water partition coefficient (Wildman–Crippen LogP) is 2.74. The number of allylic oxidation sites excluding steroid dienone is 2. The molecule has 0 saturated carbocycles. The van der Waals surface area contributed by atoms with E-state index in [-0.39, 0.29) is 11.1 Å². The van der Waals surface area contributed by atoms with E-state index in [0.717, 1.165) is 5.56 Å². The molecule has 0 aromatic heterocycles. The second kappa shape index (κ2) is 6.96. The van der Waals surface area contributed by atoms with Crippen LogP contribution >= 0.6 is 0 Å². The van der Waals surface area contributed by atoms with Gasteiger partial charge in [-0.05, 0) is 24.6 Å². The van der Waals surface area contributed by atoms with Gasteiger partial charge in [-0.25, -0.2) is 9.59 Å². The molecule has 4 heteroatoms. The fourth-order valence-corrected chi connectivity index (χ4v) is 1.23. The van der Waals surface area contributed by atoms with E-state index in [4.69, 9.17) is 10.2 Å². The highest BCUT2D eigenvalue weighted by Crippen LogP contribution is 2.06. The van der Waals surface area contributed by atoms with Gasteiger partial charge in [-0.3, -0.25) is 0 Å². The summed E-state index contributed by atoms with van der Waals surface area (Å²) in [5, 5.41) is 17.7. The summed E-state index contributed by atoms with van der Waals surface area (Å²) in [5.74, 6) is -2.19. The van der Waals surface area contributed by atoms with Crippen molar-refractivity contribution in [1.82, 2.24) is 0 Å². The first kappa shape index (κ1) is 14.4. The van der Waals surface area contributed by atoms with Crippen LogP contribution in [0.15, 0.2) is 59.7 Å². The molecular weight excluding hydrogens is 244 g/mol. The van der Waals surface area contributed by atoms with Gasteiger partial charge in [0.05, 0.1) is 5.57 Å². The van der Waals surface area contributed by atoms with E-state index in [0.29, 0.717) is 0 Å². The Morgan fingerprint density at radius 1 is 1.00 bits per heavy atom. The number of carboxylic acid groups (broad SMARTS) is 2. The Kier molecular flexibility index (Phi) is 5.29. The zero-order valence-corrected chi connectivity index (χ0v) is 10.4. The third-order valence-corrected chi connectivity index (χ3v) is 2.35. The van der Waals surface area contributed by atoms with Crippen LogP contribution in [0.2, 0.25) is 0 Å². The number of hydrogen-bond acceptors (Lipinski definition) is 2. The number of rotatable bonds is 5. The largest absolute Gasteiger partial charge is 0.478 e. The molecule has 1 aromatic rings. The van der Waals surface area contributed by atoms with Gasteiger partial charge < -0.3 is 10.2 Å². The van der Waals surface area contributed by atoms with Gasteiger partial charge >= 0.3 is 11.9 Å². The Balaban J connectivity index is 2.94. The molecule has 0 aliphatic heterocycles. The van der Waals surface area contributed by atoms with Crippen molar-refractivity contribution >= 4 is 18.0 Å². The molecule has 0 unspecified atom stereocenters. The second-order valence-electron chi connectivity index (χ2n) is 3.83. The van der Waals surface area contributed by atoms with Gasteiger partial charge in [0.2, 0.25) is 0 Å². The van der Waals surface area contributed by atoms with E-state index in [1.165, 1.54) is 25.2 Å². The topological polar surface area (TPSA) is 74.6 Å². The van der Waals surface area contributed by atoms with E-state index in [1.807, 2.05) is 30.3 Å². The zero-order valence-electron chi connectivity index (χ0n) is 10.4. The first-order chi connectivity index (χ1) is 9.00. The number of carboxylic acids is 2. The highest BCUT2D eigenvalue weighted by molar-refractivity contribution is 5.92. The lowest BCUT2D eigenvalue weighted by Crippen LogP contribution is -1.98. The van der Waals surface area contributed by atoms with E-state index >= 15 is 0 Å². The first-order valence-electron chi connectivity index (χ1n) is 5.59. The average Bonchev–Trinajstić information content (AvgIpc) is 2.39. The molecule has 0 spiro atoms. The summed E-state index contributed by atoms with van der Waals surface area (Å²) in [6.07, 6.45) is 5.62. The molecule has 0 heterocycles. The lowest BCUT2D eigenvalue weighted by molar-refractivity contribution is -0.133. The van der Waals surface area contributed by atoms with Crippen LogP contribution in [0.1, 0.15) is 12.5 Å². The minimum absolute atomic E-state index is 0.0180. The summed E-state index contributed by atoms with van der Waals surface area (Å²) in [6, 6.07) is 9.24. The third-order valence-electron chi connectivity index (χ3n) is 2.35. The molecule has 2 N–H and O–H groups in total. The van der Waals surface area contributed by atoms with Gasteiger partial charge in [0.15, 0.2) is 0 Å². The summed E-state index contributed by atoms with van der Waals surface area (Å²) in [6.45, 7) is 1.40. The minimum Gasteiger partial charge on any atom is -0.478 e. The Morgan fingerprint density at radius 3 is 2.16 bits per heavy atom. The quantitative estimate of drug-likeness (QED) is 0.629. The lowest BCUT2D eigenvalue weighted by Gasteiger charge is -1.95. The van der Waals surface area contributed by atoms with Crippen LogP contribution in [0.3, 0.4) is 0 Å². The van der Waals surface area contributed by atoms with Crippen molar-refractivity contribution in [1.29, 1.82) is 0 Å². The summed E-state index contributed by atoms with van der Waals surface area (Å²) in [7, 11) is 0. The molecule has 0 aliphatic carbocycles. The predicted molar refractivity (Wildman–Crippen MR) is 72.6 cm³/mol. The van der Waals surface area contributed by atoms with Crippen molar-refractivity contribution in [3.05, 3.63) is 65.3 Å². The van der Waals surface area contributed by atoms with Gasteiger partial charge in [0.25, 0.3) is 0 Å². The Bertz CT molecular complexity index is 551. The maximum absolute atomic E-state index is 11.0. The number of aliphatic carboxylic acids is 2. The van der Waals surface area contributed by atoms with Gasteiger partial charge in [0, 0.05) is 5.57 Å². The van der Waals surface area contributed by atoms with Gasteiger partial charge in [0.1, 0.15) is 0 Å². The molecule has 19 heavy (non-hydrogen) atoms. The van der Waals surface area contributed by atoms with Gasteiger partial charge in [-0.2, -0.15) is 0 Å². The van der Waals surface area contributed by atoms with Crippen molar-refractivity contribution < 1.29 is 19.8 Å². The summed E-state index contributed by atoms with van der Waals surface area (Å²) >= 11 is 0. The Labute approximate surface area is 111 Å². The van der Waals surface area contributed by atoms with Crippen molar-refractivity contribution in [2.45, 2.75) is 6.92 Å². The highest BCUT2D eigenvalue weighted by Gasteiger charge is 2.03. The molecule has 1 aromatic carbocycles. The lowest BCUT2D eigenvalue weighted by atomic mass is 10.1. The zero-order chi connectivity index (χ0) is 14.3. The highest BCUT2D eigenvalue weighted by atomic mass is 16.4. The van der Waals surface area contributed by atoms with Gasteiger partial charge in [-0.1, -0.05) is 42.5 Å². The van der Waals surface area contributed by atoms with Crippen molar-refractivity contribution in [2.75, 3.05) is 0 Å². The van der Waals surface area contributed by atoms with E-state index in [9.17, 15) is 9.59 Å². The second-order valence-corrected chi connectivity index (χ2v) is 3.83. The van der Waals surface area contributed by atoms with E-state index < -0.39 is 11.9 Å². The van der Waals surface area contributed by atoms with Crippen LogP contribution in [0.25, 0.3) is 6.08 Å². The van der Waals surface area contributed by atoms with Crippen LogP contribution in [-0.4, -0.2) is 22.2 Å². The van der Waals surface area contributed by atoms with Crippen molar-refractivity contribution in [3.63, 3.8) is 0 Å². The molecule has 0 fully saturated rings. The molecule has 0 amide bonds. The van der Waals surface area contributed by atoms with Crippen LogP contribution in [-0.2, 0) is 9.59 Å². The molecule has 0 radical (unpaired) electrons. The molecule has 0 atom stereocenters. The maximum atomic E-state index is 11.0. The van der Waals surface area contributed by atoms with Crippen LogP contribution in [0, 0.1) is 0 Å². The maximum Gasteiger partial charge on any atom is 0.335 e. The SMILES string of the molecule is CC(=CC=C(C=Cc1ccccc1)C(=O)O)C(=O)O. The summed E-state index contributed by atoms with van der Waals surface area (Å²) < 4.78 is 0. The van der Waals surface area contributed by atoms with Crippen LogP contribution in [0.5, 0.6) is 0 Å². The molecule has 4 nitrogen and oxygen atoms in total. The fourth-order valence-electron chi connectivity index (χ4n) is 1.23. The molecular formula is C15H14O4. The standard InChI is InChI=1S/C15H14O4/c1-11(14(16)17)7-9-13(15(18)19)10-8-12-5-3-2-4-6-12/h2-10H,1H3,(H,16,17)(H,18,19). The summed E-state index contributed by atoms with van der Waals surface area (Å²) in [5.41, 5.74) is 0.963. The Morgan fingerprint density at radius 2 is 1.63 bits per heavy atom. The minimum atomic E-state index is -1.11. The van der Waals surface area contributed by atoms with Crippen LogP contribution < -0.4 is 0 Å². The molecule has 0 saturated heterocycles. The van der Waals surface area contributed by atoms with Crippen molar-refractivity contribution in [2.24, 2.45) is 0 Å². The van der Waals surface area contributed by atoms with Crippen molar-refractivity contribution in [3.8, 4) is 0 Å². The normalized spacial score (nSPS) is 12.7. The Hall–Kier alpha value is -2.62. The number of hydrogen-bond donors (Lipinski definition) is 2. The molecule has 0 aliphatic rings. The molecule has 0 bridgehead atoms. The fraction of sp³-hybridized carbons (Fsp3) is 0.0667. The molecule has 1 rings (SSSR count). The van der Waals surface area contributed by atoms with E-state index in [2.05, 4.69) is 0 Å². The monoisotopic (exact) mass is 258 g/mol. The van der Waals surface area contributed by atoms with Crippen LogP contribution in [0.4, 0.5) is 0 Å². The van der Waals surface area contributed by atoms with E-state index in [1.54, 1.807) is 6.08 Å². The average molecular weight is 258 g/mol. The van der Waals surface area contributed by atoms with Gasteiger partial charge in [-0.15, -0.1) is 0 Å².